The molecule has 2 unspecified atom stereocenters. The quantitative estimate of drug-likeness (QED) is 0.845. The highest BCUT2D eigenvalue weighted by molar-refractivity contribution is 7.18. The second-order valence-electron chi connectivity index (χ2n) is 5.80. The van der Waals surface area contributed by atoms with Gasteiger partial charge in [0.2, 0.25) is 0 Å². The van der Waals surface area contributed by atoms with Crippen molar-refractivity contribution < 1.29 is 4.74 Å². The van der Waals surface area contributed by atoms with Crippen molar-refractivity contribution in [2.24, 2.45) is 0 Å². The molecule has 2 heterocycles. The molecule has 0 amide bonds. The topological polar surface area (TPSA) is 34.2 Å². The third-order valence-electron chi connectivity index (χ3n) is 4.01. The molecule has 1 saturated heterocycles. The Bertz CT molecular complexity index is 530. The normalized spacial score (nSPS) is 20.1. The predicted molar refractivity (Wildman–Crippen MR) is 89.0 cm³/mol. The summed E-state index contributed by atoms with van der Waals surface area (Å²) in [7, 11) is 0. The first-order valence-electron chi connectivity index (χ1n) is 8.04. The molecule has 1 aromatic heterocycles. The molecule has 3 rings (SSSR count). The Morgan fingerprint density at radius 2 is 2.33 bits per heavy atom. The van der Waals surface area contributed by atoms with Crippen LogP contribution in [0.2, 0.25) is 0 Å². The van der Waals surface area contributed by atoms with Gasteiger partial charge in [0.25, 0.3) is 0 Å². The Morgan fingerprint density at radius 3 is 3.10 bits per heavy atom. The van der Waals surface area contributed by atoms with Gasteiger partial charge < -0.3 is 10.1 Å². The van der Waals surface area contributed by atoms with E-state index in [9.17, 15) is 0 Å². The van der Waals surface area contributed by atoms with E-state index in [0.29, 0.717) is 12.1 Å². The average molecular weight is 304 g/mol. The minimum atomic E-state index is 0.439. The largest absolute Gasteiger partial charge is 0.378 e. The van der Waals surface area contributed by atoms with E-state index in [-0.39, 0.29) is 0 Å². The van der Waals surface area contributed by atoms with Crippen molar-refractivity contribution in [3.05, 3.63) is 29.3 Å². The third kappa shape index (κ3) is 4.02. The summed E-state index contributed by atoms with van der Waals surface area (Å²) in [5, 5.41) is 4.91. The highest BCUT2D eigenvalue weighted by atomic mass is 32.1. The average Bonchev–Trinajstić information content (AvgIpc) is 3.13. The van der Waals surface area contributed by atoms with Gasteiger partial charge in [-0.05, 0) is 44.4 Å². The Balaban J connectivity index is 1.66. The Hall–Kier alpha value is -0.970. The number of benzene rings is 1. The van der Waals surface area contributed by atoms with Gasteiger partial charge in [-0.15, -0.1) is 11.3 Å². The van der Waals surface area contributed by atoms with Crippen molar-refractivity contribution in [1.29, 1.82) is 0 Å². The highest BCUT2D eigenvalue weighted by Gasteiger charge is 2.21. The second-order valence-corrected chi connectivity index (χ2v) is 6.92. The Labute approximate surface area is 130 Å². The van der Waals surface area contributed by atoms with Gasteiger partial charge >= 0.3 is 0 Å². The number of para-hydroxylation sites is 1. The lowest BCUT2D eigenvalue weighted by Gasteiger charge is -2.20. The minimum absolute atomic E-state index is 0.439. The molecule has 1 fully saturated rings. The molecule has 0 radical (unpaired) electrons. The fourth-order valence-electron chi connectivity index (χ4n) is 2.95. The van der Waals surface area contributed by atoms with Crippen molar-refractivity contribution in [1.82, 2.24) is 10.3 Å². The van der Waals surface area contributed by atoms with Crippen LogP contribution in [0.15, 0.2) is 24.3 Å². The van der Waals surface area contributed by atoms with Gasteiger partial charge in [-0.2, -0.15) is 0 Å². The molecule has 1 aliphatic rings. The van der Waals surface area contributed by atoms with E-state index >= 15 is 0 Å². The number of nitrogens with zero attached hydrogens (tertiary/aromatic N) is 1. The molecule has 4 heteroatoms. The van der Waals surface area contributed by atoms with Crippen LogP contribution in [0.4, 0.5) is 0 Å². The first kappa shape index (κ1) is 14.9. The molecule has 0 bridgehead atoms. The molecule has 21 heavy (non-hydrogen) atoms. The molecular formula is C17H24N2OS. The molecule has 1 aromatic carbocycles. The first-order chi connectivity index (χ1) is 10.3. The second kappa shape index (κ2) is 7.34. The van der Waals surface area contributed by atoms with E-state index in [0.717, 1.165) is 31.5 Å². The molecule has 3 nitrogen and oxygen atoms in total. The monoisotopic (exact) mass is 304 g/mol. The SMILES string of the molecule is CCCNC(Cc1nc2ccccc2s1)CC1CCCO1. The summed E-state index contributed by atoms with van der Waals surface area (Å²) < 4.78 is 7.09. The number of hydrogen-bond donors (Lipinski definition) is 1. The number of nitrogens with one attached hydrogen (secondary N) is 1. The number of aromatic nitrogens is 1. The van der Waals surface area contributed by atoms with Crippen LogP contribution in [0, 0.1) is 0 Å². The van der Waals surface area contributed by atoms with Crippen LogP contribution in [0.1, 0.15) is 37.6 Å². The minimum Gasteiger partial charge on any atom is -0.378 e. The first-order valence-corrected chi connectivity index (χ1v) is 8.86. The molecule has 2 atom stereocenters. The van der Waals surface area contributed by atoms with Gasteiger partial charge in [0.05, 0.1) is 21.3 Å². The smallest absolute Gasteiger partial charge is 0.0954 e. The van der Waals surface area contributed by atoms with Gasteiger partial charge in [0.1, 0.15) is 0 Å². The zero-order valence-corrected chi connectivity index (χ0v) is 13.5. The molecule has 0 spiro atoms. The zero-order valence-electron chi connectivity index (χ0n) is 12.7. The molecule has 1 aliphatic heterocycles. The van der Waals surface area contributed by atoms with E-state index in [1.165, 1.54) is 29.0 Å². The number of fused-ring (bicyclic) bond motifs is 1. The van der Waals surface area contributed by atoms with Gasteiger partial charge in [0, 0.05) is 19.1 Å². The van der Waals surface area contributed by atoms with Crippen molar-refractivity contribution in [2.45, 2.75) is 51.2 Å². The van der Waals surface area contributed by atoms with Crippen molar-refractivity contribution in [3.63, 3.8) is 0 Å². The van der Waals surface area contributed by atoms with Gasteiger partial charge in [-0.1, -0.05) is 19.1 Å². The van der Waals surface area contributed by atoms with Gasteiger partial charge in [-0.25, -0.2) is 4.98 Å². The summed E-state index contributed by atoms with van der Waals surface area (Å²) in [5.74, 6) is 0. The van der Waals surface area contributed by atoms with E-state index in [1.54, 1.807) is 0 Å². The number of thiazole rings is 1. The lowest BCUT2D eigenvalue weighted by molar-refractivity contribution is 0.0946. The van der Waals surface area contributed by atoms with Gasteiger partial charge in [0.15, 0.2) is 0 Å². The molecule has 114 valence electrons. The summed E-state index contributed by atoms with van der Waals surface area (Å²) in [5.41, 5.74) is 1.13. The van der Waals surface area contributed by atoms with Crippen molar-refractivity contribution in [2.75, 3.05) is 13.2 Å². The summed E-state index contributed by atoms with van der Waals surface area (Å²) in [6.45, 7) is 4.22. The maximum atomic E-state index is 5.80. The van der Waals surface area contributed by atoms with Crippen LogP contribution in [-0.4, -0.2) is 30.3 Å². The fraction of sp³-hybridized carbons (Fsp3) is 0.588. The summed E-state index contributed by atoms with van der Waals surface area (Å²) in [4.78, 5) is 4.77. The van der Waals surface area contributed by atoms with Crippen LogP contribution < -0.4 is 5.32 Å². The summed E-state index contributed by atoms with van der Waals surface area (Å²) >= 11 is 1.83. The maximum absolute atomic E-state index is 5.80. The summed E-state index contributed by atoms with van der Waals surface area (Å²) in [6.07, 6.45) is 6.15. The molecule has 0 saturated carbocycles. The lowest BCUT2D eigenvalue weighted by atomic mass is 10.0. The molecule has 1 N–H and O–H groups in total. The third-order valence-corrected chi connectivity index (χ3v) is 5.07. The van der Waals surface area contributed by atoms with Crippen LogP contribution in [0.3, 0.4) is 0 Å². The van der Waals surface area contributed by atoms with Crippen molar-refractivity contribution in [3.8, 4) is 0 Å². The lowest BCUT2D eigenvalue weighted by Crippen LogP contribution is -2.35. The standard InChI is InChI=1S/C17H24N2OS/c1-2-9-18-13(11-14-6-5-10-20-14)12-17-19-15-7-3-4-8-16(15)21-17/h3-4,7-8,13-14,18H,2,5-6,9-12H2,1H3. The molecule has 0 aliphatic carbocycles. The Morgan fingerprint density at radius 1 is 1.43 bits per heavy atom. The van der Waals surface area contributed by atoms with E-state index in [4.69, 9.17) is 9.72 Å². The van der Waals surface area contributed by atoms with E-state index < -0.39 is 0 Å². The van der Waals surface area contributed by atoms with Crippen molar-refractivity contribution >= 4 is 21.6 Å². The predicted octanol–water partition coefficient (Wildman–Crippen LogP) is 3.78. The van der Waals surface area contributed by atoms with Crippen LogP contribution >= 0.6 is 11.3 Å². The number of rotatable bonds is 7. The van der Waals surface area contributed by atoms with Crippen LogP contribution in [0.25, 0.3) is 10.2 Å². The fourth-order valence-corrected chi connectivity index (χ4v) is 4.00. The van der Waals surface area contributed by atoms with Gasteiger partial charge in [-0.3, -0.25) is 0 Å². The molecular weight excluding hydrogens is 280 g/mol. The molecule has 2 aromatic rings. The number of ether oxygens (including phenoxy) is 1. The van der Waals surface area contributed by atoms with E-state index in [2.05, 4.69) is 36.5 Å². The highest BCUT2D eigenvalue weighted by Crippen LogP contribution is 2.24. The van der Waals surface area contributed by atoms with E-state index in [1.807, 2.05) is 11.3 Å². The zero-order chi connectivity index (χ0) is 14.5. The Kier molecular flexibility index (Phi) is 5.22. The van der Waals surface area contributed by atoms with Crippen LogP contribution in [-0.2, 0) is 11.2 Å². The number of hydrogen-bond acceptors (Lipinski definition) is 4. The van der Waals surface area contributed by atoms with Crippen LogP contribution in [0.5, 0.6) is 0 Å². The summed E-state index contributed by atoms with van der Waals surface area (Å²) in [6, 6.07) is 8.89. The maximum Gasteiger partial charge on any atom is 0.0954 e.